The second-order valence-corrected chi connectivity index (χ2v) is 4.44. The highest BCUT2D eigenvalue weighted by atomic mass is 35.5. The summed E-state index contributed by atoms with van der Waals surface area (Å²) in [5.41, 5.74) is 6.21. The number of aromatic amines is 1. The van der Waals surface area contributed by atoms with E-state index in [1.54, 1.807) is 18.3 Å². The molecule has 0 saturated carbocycles. The molecule has 0 aliphatic heterocycles. The lowest BCUT2D eigenvalue weighted by Crippen LogP contribution is -2.17. The van der Waals surface area contributed by atoms with E-state index >= 15 is 0 Å². The summed E-state index contributed by atoms with van der Waals surface area (Å²) in [6.45, 7) is 0. The van der Waals surface area contributed by atoms with Gasteiger partial charge in [-0.1, -0.05) is 17.7 Å². The summed E-state index contributed by atoms with van der Waals surface area (Å²) in [6, 6.07) is 4.79. The van der Waals surface area contributed by atoms with Gasteiger partial charge >= 0.3 is 0 Å². The fourth-order valence-corrected chi connectivity index (χ4v) is 1.83. The molecule has 0 saturated heterocycles. The molecule has 103 valence electrons. The standard InChI is InChI=1S/C13H12ClN4O2/c14-9-3-1-8(10(7-9)12(15)20)2-4-11(19)18-13-16-5-6-17-13/h1,3-7H,2H2,(H2,15,20)(H2,16,17,18,19). The molecule has 0 unspecified atom stereocenters. The average molecular weight is 292 g/mol. The molecule has 0 atom stereocenters. The van der Waals surface area contributed by atoms with Crippen LogP contribution in [-0.4, -0.2) is 21.8 Å². The zero-order valence-corrected chi connectivity index (χ0v) is 11.1. The summed E-state index contributed by atoms with van der Waals surface area (Å²) >= 11 is 5.81. The maximum absolute atomic E-state index is 11.7. The Morgan fingerprint density at radius 3 is 2.90 bits per heavy atom. The number of carbonyl (C=O) groups excluding carboxylic acids is 2. The molecule has 6 nitrogen and oxygen atoms in total. The number of nitrogens with two attached hydrogens (primary N) is 1. The predicted molar refractivity (Wildman–Crippen MR) is 75.2 cm³/mol. The van der Waals surface area contributed by atoms with Crippen LogP contribution in [0.3, 0.4) is 0 Å². The maximum atomic E-state index is 11.7. The fraction of sp³-hybridized carbons (Fsp3) is 0.0769. The van der Waals surface area contributed by atoms with Crippen molar-refractivity contribution in [3.05, 3.63) is 53.2 Å². The van der Waals surface area contributed by atoms with E-state index in [0.29, 0.717) is 22.1 Å². The van der Waals surface area contributed by atoms with Crippen molar-refractivity contribution in [3.8, 4) is 0 Å². The highest BCUT2D eigenvalue weighted by Gasteiger charge is 2.11. The Balaban J connectivity index is 2.00. The van der Waals surface area contributed by atoms with Crippen LogP contribution in [0.2, 0.25) is 5.02 Å². The Morgan fingerprint density at radius 1 is 1.45 bits per heavy atom. The molecule has 20 heavy (non-hydrogen) atoms. The van der Waals surface area contributed by atoms with Crippen molar-refractivity contribution in [2.45, 2.75) is 6.42 Å². The highest BCUT2D eigenvalue weighted by molar-refractivity contribution is 6.31. The Morgan fingerprint density at radius 2 is 2.25 bits per heavy atom. The number of benzene rings is 1. The molecule has 2 aromatic rings. The number of amides is 2. The van der Waals surface area contributed by atoms with Gasteiger partial charge < -0.3 is 10.7 Å². The molecule has 2 rings (SSSR count). The van der Waals surface area contributed by atoms with Gasteiger partial charge in [-0.05, 0) is 24.1 Å². The van der Waals surface area contributed by atoms with E-state index in [-0.39, 0.29) is 12.3 Å². The van der Waals surface area contributed by atoms with E-state index < -0.39 is 5.91 Å². The number of H-pyrrole nitrogens is 1. The van der Waals surface area contributed by atoms with Crippen LogP contribution in [0.1, 0.15) is 15.9 Å². The maximum Gasteiger partial charge on any atom is 0.249 e. The fourth-order valence-electron chi connectivity index (χ4n) is 1.66. The molecular formula is C13H12ClN4O2. The Hall–Kier alpha value is -2.34. The van der Waals surface area contributed by atoms with Crippen LogP contribution in [0, 0.1) is 6.42 Å². The minimum atomic E-state index is -0.581. The number of carbonyl (C=O) groups is 2. The molecule has 0 bridgehead atoms. The SMILES string of the molecule is NC(=O)c1cc(Cl)ccc1C[CH]C(=O)Nc1ncc[nH]1. The Bertz CT molecular complexity index is 625. The summed E-state index contributed by atoms with van der Waals surface area (Å²) in [5, 5.41) is 2.97. The summed E-state index contributed by atoms with van der Waals surface area (Å²) in [5.74, 6) is -0.551. The number of hydrogen-bond donors (Lipinski definition) is 3. The van der Waals surface area contributed by atoms with E-state index in [1.807, 2.05) is 0 Å². The number of aromatic nitrogens is 2. The van der Waals surface area contributed by atoms with E-state index in [1.165, 1.54) is 18.7 Å². The van der Waals surface area contributed by atoms with Gasteiger partial charge in [0.1, 0.15) is 0 Å². The van der Waals surface area contributed by atoms with Gasteiger partial charge in [-0.15, -0.1) is 0 Å². The summed E-state index contributed by atoms with van der Waals surface area (Å²) in [7, 11) is 0. The molecule has 0 aliphatic rings. The van der Waals surface area contributed by atoms with Crippen molar-refractivity contribution in [1.82, 2.24) is 9.97 Å². The zero-order chi connectivity index (χ0) is 14.5. The van der Waals surface area contributed by atoms with E-state index in [9.17, 15) is 9.59 Å². The van der Waals surface area contributed by atoms with Crippen molar-refractivity contribution >= 4 is 29.4 Å². The molecule has 2 amide bonds. The summed E-state index contributed by atoms with van der Waals surface area (Å²) < 4.78 is 0. The molecule has 4 N–H and O–H groups in total. The number of primary amides is 1. The van der Waals surface area contributed by atoms with Crippen LogP contribution < -0.4 is 11.1 Å². The minimum Gasteiger partial charge on any atom is -0.366 e. The number of nitrogens with zero attached hydrogens (tertiary/aromatic N) is 1. The first-order valence-electron chi connectivity index (χ1n) is 5.78. The van der Waals surface area contributed by atoms with Crippen molar-refractivity contribution in [1.29, 1.82) is 0 Å². The lowest BCUT2D eigenvalue weighted by atomic mass is 10.0. The molecule has 1 heterocycles. The lowest BCUT2D eigenvalue weighted by molar-refractivity contribution is -0.113. The number of imidazole rings is 1. The number of nitrogens with one attached hydrogen (secondary N) is 2. The van der Waals surface area contributed by atoms with Gasteiger partial charge in [-0.2, -0.15) is 0 Å². The highest BCUT2D eigenvalue weighted by Crippen LogP contribution is 2.17. The van der Waals surface area contributed by atoms with Gasteiger partial charge in [0.2, 0.25) is 17.8 Å². The summed E-state index contributed by atoms with van der Waals surface area (Å²) in [4.78, 5) is 29.6. The number of halogens is 1. The molecule has 1 aromatic carbocycles. The number of hydrogen-bond acceptors (Lipinski definition) is 3. The van der Waals surface area contributed by atoms with Crippen molar-refractivity contribution < 1.29 is 9.59 Å². The van der Waals surface area contributed by atoms with E-state index in [2.05, 4.69) is 15.3 Å². The lowest BCUT2D eigenvalue weighted by Gasteiger charge is -2.07. The minimum absolute atomic E-state index is 0.266. The topological polar surface area (TPSA) is 101 Å². The van der Waals surface area contributed by atoms with Gasteiger partial charge in [0.25, 0.3) is 0 Å². The largest absolute Gasteiger partial charge is 0.366 e. The van der Waals surface area contributed by atoms with Crippen LogP contribution in [0.15, 0.2) is 30.6 Å². The summed E-state index contributed by atoms with van der Waals surface area (Å²) in [6.07, 6.45) is 4.79. The Labute approximate surface area is 120 Å². The molecular weight excluding hydrogens is 280 g/mol. The first-order chi connectivity index (χ1) is 9.56. The predicted octanol–water partition coefficient (Wildman–Crippen LogP) is 1.55. The van der Waals surface area contributed by atoms with Gasteiger partial charge in [0.15, 0.2) is 0 Å². The van der Waals surface area contributed by atoms with Gasteiger partial charge in [-0.25, -0.2) is 4.98 Å². The number of rotatable bonds is 5. The number of anilines is 1. The van der Waals surface area contributed by atoms with E-state index in [0.717, 1.165) is 0 Å². The zero-order valence-electron chi connectivity index (χ0n) is 10.4. The first-order valence-corrected chi connectivity index (χ1v) is 6.16. The van der Waals surface area contributed by atoms with Crippen LogP contribution >= 0.6 is 11.6 Å². The third-order valence-electron chi connectivity index (χ3n) is 2.58. The van der Waals surface area contributed by atoms with Gasteiger partial charge in [0, 0.05) is 23.0 Å². The first kappa shape index (κ1) is 14.1. The second kappa shape index (κ2) is 6.21. The third kappa shape index (κ3) is 3.58. The van der Waals surface area contributed by atoms with Gasteiger partial charge in [0.05, 0.1) is 6.42 Å². The normalized spacial score (nSPS) is 10.2. The van der Waals surface area contributed by atoms with Gasteiger partial charge in [-0.3, -0.25) is 14.9 Å². The van der Waals surface area contributed by atoms with Crippen molar-refractivity contribution in [3.63, 3.8) is 0 Å². The second-order valence-electron chi connectivity index (χ2n) is 4.00. The van der Waals surface area contributed by atoms with Crippen LogP contribution in [-0.2, 0) is 11.2 Å². The molecule has 1 radical (unpaired) electrons. The van der Waals surface area contributed by atoms with Crippen molar-refractivity contribution in [2.75, 3.05) is 5.32 Å². The van der Waals surface area contributed by atoms with Crippen LogP contribution in [0.4, 0.5) is 5.95 Å². The monoisotopic (exact) mass is 291 g/mol. The Kier molecular flexibility index (Phi) is 4.37. The molecule has 7 heteroatoms. The molecule has 0 fully saturated rings. The quantitative estimate of drug-likeness (QED) is 0.779. The molecule has 0 spiro atoms. The van der Waals surface area contributed by atoms with E-state index in [4.69, 9.17) is 17.3 Å². The third-order valence-corrected chi connectivity index (χ3v) is 2.82. The molecule has 0 aliphatic carbocycles. The van der Waals surface area contributed by atoms with Crippen molar-refractivity contribution in [2.24, 2.45) is 5.73 Å². The van der Waals surface area contributed by atoms with Crippen LogP contribution in [0.25, 0.3) is 0 Å². The molecule has 1 aromatic heterocycles. The van der Waals surface area contributed by atoms with Crippen LogP contribution in [0.5, 0.6) is 0 Å². The average Bonchev–Trinajstić information content (AvgIpc) is 2.90. The smallest absolute Gasteiger partial charge is 0.249 e.